The number of aromatic nitrogens is 2. The van der Waals surface area contributed by atoms with Gasteiger partial charge in [0.1, 0.15) is 22.4 Å². The number of methoxy groups -OCH3 is 1. The van der Waals surface area contributed by atoms with Crippen LogP contribution in [0.4, 0.5) is 4.39 Å². The number of nitrogens with one attached hydrogen (secondary N) is 2. The zero-order valence-electron chi connectivity index (χ0n) is 18.6. The monoisotopic (exact) mass is 470 g/mol. The lowest BCUT2D eigenvalue weighted by molar-refractivity contribution is -0.119. The number of carbonyl (C=O) groups is 2. The van der Waals surface area contributed by atoms with Crippen molar-refractivity contribution in [2.75, 3.05) is 27.3 Å². The molecule has 1 aliphatic carbocycles. The Kier molecular flexibility index (Phi) is 6.46. The van der Waals surface area contributed by atoms with Crippen LogP contribution in [0.5, 0.6) is 11.5 Å². The van der Waals surface area contributed by atoms with Gasteiger partial charge in [-0.1, -0.05) is 6.08 Å². The summed E-state index contributed by atoms with van der Waals surface area (Å²) in [7, 11) is 2.87. The predicted octanol–water partition coefficient (Wildman–Crippen LogP) is 1.39. The van der Waals surface area contributed by atoms with Crippen LogP contribution in [0.1, 0.15) is 22.3 Å². The van der Waals surface area contributed by atoms with E-state index in [0.29, 0.717) is 18.4 Å². The van der Waals surface area contributed by atoms with Crippen LogP contribution in [0.25, 0.3) is 17.2 Å². The van der Waals surface area contributed by atoms with Gasteiger partial charge in [0.05, 0.1) is 12.8 Å². The van der Waals surface area contributed by atoms with Gasteiger partial charge in [0.25, 0.3) is 17.4 Å². The molecule has 0 saturated carbocycles. The van der Waals surface area contributed by atoms with Crippen molar-refractivity contribution in [2.24, 2.45) is 5.92 Å². The number of ether oxygens (including phenoxy) is 2. The molecule has 3 heterocycles. The van der Waals surface area contributed by atoms with Crippen molar-refractivity contribution in [1.82, 2.24) is 20.2 Å². The first kappa shape index (κ1) is 23.2. The number of hydrogen-bond acceptors (Lipinski definition) is 7. The van der Waals surface area contributed by atoms with Gasteiger partial charge in [-0.3, -0.25) is 23.9 Å². The van der Waals surface area contributed by atoms with Crippen LogP contribution in [-0.4, -0.2) is 53.8 Å². The summed E-state index contributed by atoms with van der Waals surface area (Å²) in [4.78, 5) is 42.6. The van der Waals surface area contributed by atoms with Crippen molar-refractivity contribution in [3.05, 3.63) is 57.5 Å². The Morgan fingerprint density at radius 2 is 2.18 bits per heavy atom. The van der Waals surface area contributed by atoms with Crippen LogP contribution in [0.2, 0.25) is 0 Å². The highest BCUT2D eigenvalue weighted by Gasteiger charge is 2.30. The SMILES string of the molecule is CNC(=O)C1=Cn2c(=O)c(C(=O)NCCOC)c(O)c3ncc(CC4C=CC(F)=CC4)c(c32)O1. The fourth-order valence-corrected chi connectivity index (χ4v) is 3.86. The second-order valence-electron chi connectivity index (χ2n) is 7.78. The zero-order chi connectivity index (χ0) is 24.4. The molecule has 2 aromatic rings. The Hall–Kier alpha value is -3.99. The molecule has 0 spiro atoms. The van der Waals surface area contributed by atoms with E-state index in [2.05, 4.69) is 15.6 Å². The van der Waals surface area contributed by atoms with Gasteiger partial charge in [0.15, 0.2) is 11.5 Å². The molecule has 0 saturated heterocycles. The molecule has 1 aliphatic heterocycles. The smallest absolute Gasteiger partial charge is 0.288 e. The van der Waals surface area contributed by atoms with Crippen LogP contribution in [0.3, 0.4) is 0 Å². The van der Waals surface area contributed by atoms with Gasteiger partial charge in [-0.2, -0.15) is 0 Å². The van der Waals surface area contributed by atoms with E-state index in [9.17, 15) is 23.9 Å². The maximum Gasteiger partial charge on any atom is 0.288 e. The predicted molar refractivity (Wildman–Crippen MR) is 121 cm³/mol. The summed E-state index contributed by atoms with van der Waals surface area (Å²) in [5.74, 6) is -2.38. The molecule has 1 unspecified atom stereocenters. The molecule has 0 fully saturated rings. The summed E-state index contributed by atoms with van der Waals surface area (Å²) in [5.41, 5.74) is -0.709. The first-order valence-corrected chi connectivity index (χ1v) is 10.6. The number of pyridine rings is 2. The number of aromatic hydroxyl groups is 1. The highest BCUT2D eigenvalue weighted by Crippen LogP contribution is 2.38. The summed E-state index contributed by atoms with van der Waals surface area (Å²) in [6.45, 7) is 0.333. The van der Waals surface area contributed by atoms with E-state index in [0.717, 1.165) is 10.8 Å². The van der Waals surface area contributed by atoms with Crippen molar-refractivity contribution in [2.45, 2.75) is 12.8 Å². The zero-order valence-corrected chi connectivity index (χ0v) is 18.6. The van der Waals surface area contributed by atoms with E-state index in [1.807, 2.05) is 0 Å². The molecule has 0 bridgehead atoms. The third-order valence-electron chi connectivity index (χ3n) is 5.57. The number of allylic oxidation sites excluding steroid dienone is 4. The Morgan fingerprint density at radius 1 is 1.38 bits per heavy atom. The average Bonchev–Trinajstić information content (AvgIpc) is 2.84. The first-order valence-electron chi connectivity index (χ1n) is 10.6. The van der Waals surface area contributed by atoms with E-state index in [4.69, 9.17) is 9.47 Å². The molecule has 0 aromatic carbocycles. The van der Waals surface area contributed by atoms with Gasteiger partial charge in [-0.25, -0.2) is 4.39 Å². The van der Waals surface area contributed by atoms with Gasteiger partial charge in [0, 0.05) is 32.5 Å². The van der Waals surface area contributed by atoms with E-state index < -0.39 is 28.7 Å². The number of amides is 2. The molecule has 11 heteroatoms. The van der Waals surface area contributed by atoms with E-state index >= 15 is 0 Å². The number of halogens is 1. The van der Waals surface area contributed by atoms with Crippen molar-refractivity contribution in [3.63, 3.8) is 0 Å². The second kappa shape index (κ2) is 9.48. The number of carbonyl (C=O) groups excluding carboxylic acids is 2. The Balaban J connectivity index is 1.87. The number of rotatable bonds is 7. The summed E-state index contributed by atoms with van der Waals surface area (Å²) in [6.07, 6.45) is 8.02. The Morgan fingerprint density at radius 3 is 2.85 bits per heavy atom. The molecule has 2 amide bonds. The molecule has 178 valence electrons. The van der Waals surface area contributed by atoms with Crippen molar-refractivity contribution in [1.29, 1.82) is 0 Å². The maximum absolute atomic E-state index is 13.4. The van der Waals surface area contributed by atoms with E-state index in [1.165, 1.54) is 32.5 Å². The minimum Gasteiger partial charge on any atom is -0.505 e. The number of likely N-dealkylation sites (N-methyl/N-ethyl adjacent to an activating group) is 1. The molecule has 3 N–H and O–H groups in total. The molecule has 1 atom stereocenters. The lowest BCUT2D eigenvalue weighted by atomic mass is 9.92. The molecule has 2 aliphatic rings. The van der Waals surface area contributed by atoms with Crippen molar-refractivity contribution < 1.29 is 28.6 Å². The average molecular weight is 470 g/mol. The van der Waals surface area contributed by atoms with Gasteiger partial charge in [-0.05, 0) is 30.9 Å². The summed E-state index contributed by atoms with van der Waals surface area (Å²) in [6, 6.07) is 0. The maximum atomic E-state index is 13.4. The fraction of sp³-hybridized carbons (Fsp3) is 0.304. The van der Waals surface area contributed by atoms with Crippen LogP contribution in [0, 0.1) is 5.92 Å². The molecule has 4 rings (SSSR count). The lowest BCUT2D eigenvalue weighted by Crippen LogP contribution is -2.35. The number of hydrogen-bond donors (Lipinski definition) is 3. The summed E-state index contributed by atoms with van der Waals surface area (Å²) in [5, 5.41) is 15.7. The Bertz CT molecular complexity index is 1330. The highest BCUT2D eigenvalue weighted by atomic mass is 19.1. The van der Waals surface area contributed by atoms with E-state index in [1.54, 1.807) is 6.08 Å². The molecular formula is C23H23FN4O6. The largest absolute Gasteiger partial charge is 0.505 e. The standard InChI is InChI=1S/C23H23FN4O6/c1-25-21(30)15-11-28-18-17(19(29)16(23(28)32)22(31)26-7-8-33-2)27-10-13(20(18)34-15)9-12-3-5-14(24)6-4-12/h3,5-6,10-12,29H,4,7-9H2,1-2H3,(H,25,30)(H,26,31). The van der Waals surface area contributed by atoms with Gasteiger partial charge in [-0.15, -0.1) is 0 Å². The van der Waals surface area contributed by atoms with Crippen LogP contribution in [0.15, 0.2) is 40.8 Å². The third-order valence-corrected chi connectivity index (χ3v) is 5.57. The summed E-state index contributed by atoms with van der Waals surface area (Å²) < 4.78 is 25.2. The van der Waals surface area contributed by atoms with Crippen LogP contribution < -0.4 is 20.9 Å². The first-order chi connectivity index (χ1) is 16.3. The second-order valence-corrected chi connectivity index (χ2v) is 7.78. The highest BCUT2D eigenvalue weighted by molar-refractivity contribution is 6.04. The molecule has 0 radical (unpaired) electrons. The normalized spacial score (nSPS) is 16.5. The van der Waals surface area contributed by atoms with E-state index in [-0.39, 0.29) is 47.4 Å². The molecular weight excluding hydrogens is 447 g/mol. The molecule has 2 aromatic heterocycles. The summed E-state index contributed by atoms with van der Waals surface area (Å²) >= 11 is 0. The lowest BCUT2D eigenvalue weighted by Gasteiger charge is -2.23. The van der Waals surface area contributed by atoms with Crippen molar-refractivity contribution in [3.8, 4) is 11.5 Å². The fourth-order valence-electron chi connectivity index (χ4n) is 3.86. The third kappa shape index (κ3) is 4.17. The quantitative estimate of drug-likeness (QED) is 0.521. The molecule has 10 nitrogen and oxygen atoms in total. The van der Waals surface area contributed by atoms with Crippen molar-refractivity contribution >= 4 is 29.0 Å². The van der Waals surface area contributed by atoms with Gasteiger partial charge < -0.3 is 25.2 Å². The Labute approximate surface area is 193 Å². The number of nitrogens with zero attached hydrogens (tertiary/aromatic N) is 2. The van der Waals surface area contributed by atoms with Gasteiger partial charge in [0.2, 0.25) is 5.76 Å². The van der Waals surface area contributed by atoms with Crippen LogP contribution in [-0.2, 0) is 16.0 Å². The topological polar surface area (TPSA) is 132 Å². The molecule has 34 heavy (non-hydrogen) atoms. The van der Waals surface area contributed by atoms with Gasteiger partial charge >= 0.3 is 0 Å². The minimum atomic E-state index is -0.840. The van der Waals surface area contributed by atoms with Crippen LogP contribution >= 0.6 is 0 Å². The minimum absolute atomic E-state index is 0.0347.